The SMILES string of the molecule is COC(C)CNc1ncnc(NN)c1C. The van der Waals surface area contributed by atoms with Crippen LogP contribution in [0.15, 0.2) is 6.33 Å². The third kappa shape index (κ3) is 3.03. The molecule has 1 heterocycles. The van der Waals surface area contributed by atoms with E-state index in [1.807, 2.05) is 13.8 Å². The molecule has 0 aliphatic heterocycles. The van der Waals surface area contributed by atoms with Crippen LogP contribution < -0.4 is 16.6 Å². The summed E-state index contributed by atoms with van der Waals surface area (Å²) < 4.78 is 5.12. The van der Waals surface area contributed by atoms with Crippen molar-refractivity contribution in [1.82, 2.24) is 9.97 Å². The van der Waals surface area contributed by atoms with E-state index in [1.54, 1.807) is 7.11 Å². The Morgan fingerprint density at radius 3 is 2.73 bits per heavy atom. The second-order valence-electron chi connectivity index (χ2n) is 3.27. The minimum atomic E-state index is 0.133. The first kappa shape index (κ1) is 11.7. The minimum absolute atomic E-state index is 0.133. The van der Waals surface area contributed by atoms with Gasteiger partial charge in [-0.3, -0.25) is 0 Å². The molecule has 84 valence electrons. The highest BCUT2D eigenvalue weighted by atomic mass is 16.5. The molecular formula is C9H17N5O. The van der Waals surface area contributed by atoms with E-state index in [0.29, 0.717) is 12.4 Å². The molecule has 1 rings (SSSR count). The van der Waals surface area contributed by atoms with E-state index in [1.165, 1.54) is 6.33 Å². The molecule has 0 fully saturated rings. The van der Waals surface area contributed by atoms with Gasteiger partial charge in [0, 0.05) is 19.2 Å². The van der Waals surface area contributed by atoms with Gasteiger partial charge in [-0.15, -0.1) is 0 Å². The van der Waals surface area contributed by atoms with Gasteiger partial charge in [0.2, 0.25) is 0 Å². The average Bonchev–Trinajstić information content (AvgIpc) is 2.27. The molecule has 0 aromatic carbocycles. The molecule has 0 amide bonds. The third-order valence-corrected chi connectivity index (χ3v) is 2.18. The molecule has 1 unspecified atom stereocenters. The molecule has 0 spiro atoms. The van der Waals surface area contributed by atoms with Gasteiger partial charge in [-0.25, -0.2) is 15.8 Å². The highest BCUT2D eigenvalue weighted by Gasteiger charge is 2.06. The smallest absolute Gasteiger partial charge is 0.148 e. The van der Waals surface area contributed by atoms with Gasteiger partial charge in [-0.1, -0.05) is 0 Å². The van der Waals surface area contributed by atoms with Gasteiger partial charge in [-0.05, 0) is 13.8 Å². The Hall–Kier alpha value is -1.40. The summed E-state index contributed by atoms with van der Waals surface area (Å²) in [6.45, 7) is 4.57. The van der Waals surface area contributed by atoms with Crippen LogP contribution >= 0.6 is 0 Å². The van der Waals surface area contributed by atoms with Crippen molar-refractivity contribution < 1.29 is 4.74 Å². The van der Waals surface area contributed by atoms with Crippen molar-refractivity contribution in [3.8, 4) is 0 Å². The molecule has 0 saturated heterocycles. The Morgan fingerprint density at radius 1 is 1.47 bits per heavy atom. The molecule has 1 aromatic rings. The van der Waals surface area contributed by atoms with Gasteiger partial charge in [0.1, 0.15) is 18.0 Å². The minimum Gasteiger partial charge on any atom is -0.380 e. The second kappa shape index (κ2) is 5.47. The lowest BCUT2D eigenvalue weighted by Crippen LogP contribution is -2.20. The Labute approximate surface area is 89.2 Å². The molecule has 0 radical (unpaired) electrons. The topological polar surface area (TPSA) is 85.1 Å². The summed E-state index contributed by atoms with van der Waals surface area (Å²) in [7, 11) is 1.67. The maximum absolute atomic E-state index is 5.31. The molecule has 6 heteroatoms. The molecule has 1 atom stereocenters. The van der Waals surface area contributed by atoms with Crippen molar-refractivity contribution in [1.29, 1.82) is 0 Å². The maximum atomic E-state index is 5.31. The predicted octanol–water partition coefficient (Wildman–Crippen LogP) is 0.517. The van der Waals surface area contributed by atoms with E-state index < -0.39 is 0 Å². The van der Waals surface area contributed by atoms with Crippen molar-refractivity contribution in [3.05, 3.63) is 11.9 Å². The quantitative estimate of drug-likeness (QED) is 0.486. The second-order valence-corrected chi connectivity index (χ2v) is 3.27. The molecular weight excluding hydrogens is 194 g/mol. The molecule has 4 N–H and O–H groups in total. The van der Waals surface area contributed by atoms with Crippen molar-refractivity contribution in [2.75, 3.05) is 24.4 Å². The van der Waals surface area contributed by atoms with E-state index in [-0.39, 0.29) is 6.10 Å². The number of nitrogens with zero attached hydrogens (tertiary/aromatic N) is 2. The van der Waals surface area contributed by atoms with Crippen molar-refractivity contribution in [3.63, 3.8) is 0 Å². The number of nitrogens with one attached hydrogen (secondary N) is 2. The number of hydrogen-bond acceptors (Lipinski definition) is 6. The Bertz CT molecular complexity index is 317. The summed E-state index contributed by atoms with van der Waals surface area (Å²) in [4.78, 5) is 8.11. The summed E-state index contributed by atoms with van der Waals surface area (Å²) in [6.07, 6.45) is 1.59. The predicted molar refractivity (Wildman–Crippen MR) is 59.5 cm³/mol. The van der Waals surface area contributed by atoms with E-state index in [2.05, 4.69) is 20.7 Å². The standard InChI is InChI=1S/C9H17N5O/c1-6(15-3)4-11-8-7(2)9(14-10)13-5-12-8/h5-6H,4,10H2,1-3H3,(H2,11,12,13,14). The Morgan fingerprint density at radius 2 is 2.13 bits per heavy atom. The number of nitrogen functional groups attached to an aromatic ring is 1. The first-order chi connectivity index (χ1) is 7.19. The van der Waals surface area contributed by atoms with Gasteiger partial charge >= 0.3 is 0 Å². The lowest BCUT2D eigenvalue weighted by atomic mass is 10.3. The molecule has 0 saturated carbocycles. The summed E-state index contributed by atoms with van der Waals surface area (Å²) in [5.74, 6) is 6.70. The largest absolute Gasteiger partial charge is 0.380 e. The fourth-order valence-corrected chi connectivity index (χ4v) is 1.10. The van der Waals surface area contributed by atoms with E-state index in [4.69, 9.17) is 10.6 Å². The molecule has 0 aliphatic carbocycles. The summed E-state index contributed by atoms with van der Waals surface area (Å²) in [5, 5.41) is 3.17. The van der Waals surface area contributed by atoms with Gasteiger partial charge in [0.25, 0.3) is 0 Å². The van der Waals surface area contributed by atoms with Crippen LogP contribution in [-0.4, -0.2) is 29.7 Å². The zero-order valence-electron chi connectivity index (χ0n) is 9.24. The van der Waals surface area contributed by atoms with Crippen LogP contribution in [0.4, 0.5) is 11.6 Å². The van der Waals surface area contributed by atoms with Gasteiger partial charge in [-0.2, -0.15) is 0 Å². The molecule has 6 nitrogen and oxygen atoms in total. The first-order valence-corrected chi connectivity index (χ1v) is 4.74. The first-order valence-electron chi connectivity index (χ1n) is 4.74. The fraction of sp³-hybridized carbons (Fsp3) is 0.556. The van der Waals surface area contributed by atoms with Crippen LogP contribution in [0.2, 0.25) is 0 Å². The molecule has 0 bridgehead atoms. The summed E-state index contributed by atoms with van der Waals surface area (Å²) in [5.41, 5.74) is 3.41. The number of aromatic nitrogens is 2. The zero-order valence-corrected chi connectivity index (χ0v) is 9.24. The van der Waals surface area contributed by atoms with Crippen LogP contribution in [0, 0.1) is 6.92 Å². The van der Waals surface area contributed by atoms with Crippen LogP contribution in [0.3, 0.4) is 0 Å². The van der Waals surface area contributed by atoms with Gasteiger partial charge in [0.05, 0.1) is 6.10 Å². The van der Waals surface area contributed by atoms with Crippen LogP contribution in [-0.2, 0) is 4.74 Å². The number of ether oxygens (including phenoxy) is 1. The van der Waals surface area contributed by atoms with E-state index in [0.717, 1.165) is 11.4 Å². The lowest BCUT2D eigenvalue weighted by Gasteiger charge is -2.13. The molecule has 1 aromatic heterocycles. The Balaban J connectivity index is 2.68. The van der Waals surface area contributed by atoms with Crippen LogP contribution in [0.25, 0.3) is 0 Å². The summed E-state index contributed by atoms with van der Waals surface area (Å²) in [6, 6.07) is 0. The third-order valence-electron chi connectivity index (χ3n) is 2.18. The van der Waals surface area contributed by atoms with Crippen LogP contribution in [0.5, 0.6) is 0 Å². The van der Waals surface area contributed by atoms with Gasteiger partial charge in [0.15, 0.2) is 0 Å². The van der Waals surface area contributed by atoms with Gasteiger partial charge < -0.3 is 15.5 Å². The molecule has 0 aliphatic rings. The molecule has 15 heavy (non-hydrogen) atoms. The average molecular weight is 211 g/mol. The maximum Gasteiger partial charge on any atom is 0.148 e. The number of nitrogens with two attached hydrogens (primary N) is 1. The van der Waals surface area contributed by atoms with E-state index in [9.17, 15) is 0 Å². The number of hydrazine groups is 1. The summed E-state index contributed by atoms with van der Waals surface area (Å²) >= 11 is 0. The number of anilines is 2. The van der Waals surface area contributed by atoms with Crippen LogP contribution in [0.1, 0.15) is 12.5 Å². The normalized spacial score (nSPS) is 12.3. The highest BCUT2D eigenvalue weighted by Crippen LogP contribution is 2.16. The van der Waals surface area contributed by atoms with Crippen molar-refractivity contribution in [2.45, 2.75) is 20.0 Å². The van der Waals surface area contributed by atoms with Crippen molar-refractivity contribution >= 4 is 11.6 Å². The van der Waals surface area contributed by atoms with Crippen molar-refractivity contribution in [2.24, 2.45) is 5.84 Å². The monoisotopic (exact) mass is 211 g/mol. The Kier molecular flexibility index (Phi) is 4.26. The zero-order chi connectivity index (χ0) is 11.3. The number of hydrogen-bond donors (Lipinski definition) is 3. The lowest BCUT2D eigenvalue weighted by molar-refractivity contribution is 0.128. The highest BCUT2D eigenvalue weighted by molar-refractivity contribution is 5.55. The number of methoxy groups -OCH3 is 1. The number of rotatable bonds is 5. The van der Waals surface area contributed by atoms with E-state index >= 15 is 0 Å². The fourth-order valence-electron chi connectivity index (χ4n) is 1.10.